The van der Waals surface area contributed by atoms with Crippen molar-refractivity contribution < 1.29 is 9.53 Å². The zero-order valence-corrected chi connectivity index (χ0v) is 17.2. The minimum absolute atomic E-state index is 0.185. The molecule has 0 unspecified atom stereocenters. The Balaban J connectivity index is 1.51. The number of amides is 2. The van der Waals surface area contributed by atoms with Crippen LogP contribution in [-0.2, 0) is 11.2 Å². The maximum absolute atomic E-state index is 12.2. The van der Waals surface area contributed by atoms with Gasteiger partial charge in [-0.05, 0) is 37.3 Å². The topological polar surface area (TPSA) is 96.1 Å². The van der Waals surface area contributed by atoms with E-state index >= 15 is 0 Å². The predicted molar refractivity (Wildman–Crippen MR) is 114 cm³/mol. The maximum Gasteiger partial charge on any atom is 0.319 e. The molecule has 2 atom stereocenters. The van der Waals surface area contributed by atoms with Crippen molar-refractivity contribution in [3.63, 3.8) is 0 Å². The fraction of sp³-hybridized carbons (Fsp3) is 0.500. The van der Waals surface area contributed by atoms with Crippen LogP contribution in [0.4, 0.5) is 10.5 Å². The van der Waals surface area contributed by atoms with Gasteiger partial charge < -0.3 is 20.4 Å². The van der Waals surface area contributed by atoms with E-state index in [0.29, 0.717) is 43.1 Å². The molecule has 29 heavy (non-hydrogen) atoms. The Kier molecular flexibility index (Phi) is 7.41. The van der Waals surface area contributed by atoms with Gasteiger partial charge in [0.15, 0.2) is 0 Å². The van der Waals surface area contributed by atoms with Crippen LogP contribution in [0.3, 0.4) is 0 Å². The monoisotopic (exact) mass is 398 g/mol. The molecule has 7 heteroatoms. The number of benzene rings is 1. The second-order valence-corrected chi connectivity index (χ2v) is 7.57. The van der Waals surface area contributed by atoms with E-state index in [2.05, 4.69) is 27.5 Å². The van der Waals surface area contributed by atoms with Crippen LogP contribution in [0.15, 0.2) is 35.1 Å². The van der Waals surface area contributed by atoms with Crippen molar-refractivity contribution in [1.29, 1.82) is 0 Å². The molecule has 1 heterocycles. The SMILES string of the molecule is CCc1cc(=O)[nH]c(-c2cccc(NC(=O)NCCO[C@@H]3CCCC[C@@H]3C)c2)n1. The van der Waals surface area contributed by atoms with Crippen LogP contribution in [0, 0.1) is 5.92 Å². The van der Waals surface area contributed by atoms with Gasteiger partial charge in [-0.3, -0.25) is 4.79 Å². The molecule has 2 amide bonds. The average Bonchev–Trinajstić information content (AvgIpc) is 2.72. The zero-order valence-electron chi connectivity index (χ0n) is 17.2. The molecule has 1 fully saturated rings. The third kappa shape index (κ3) is 6.15. The summed E-state index contributed by atoms with van der Waals surface area (Å²) in [5, 5.41) is 5.64. The molecule has 1 aromatic carbocycles. The number of aromatic amines is 1. The zero-order chi connectivity index (χ0) is 20.6. The molecule has 0 aliphatic heterocycles. The van der Waals surface area contributed by atoms with Crippen molar-refractivity contribution in [1.82, 2.24) is 15.3 Å². The van der Waals surface area contributed by atoms with Crippen molar-refractivity contribution in [3.05, 3.63) is 46.4 Å². The fourth-order valence-corrected chi connectivity index (χ4v) is 3.65. The molecule has 3 N–H and O–H groups in total. The maximum atomic E-state index is 12.2. The van der Waals surface area contributed by atoms with Crippen LogP contribution in [0.1, 0.15) is 45.2 Å². The summed E-state index contributed by atoms with van der Waals surface area (Å²) in [4.78, 5) is 31.2. The molecule has 1 aromatic heterocycles. The minimum Gasteiger partial charge on any atom is -0.376 e. The normalized spacial score (nSPS) is 19.0. The Morgan fingerprint density at radius 1 is 1.28 bits per heavy atom. The number of urea groups is 1. The average molecular weight is 399 g/mol. The van der Waals surface area contributed by atoms with Crippen LogP contribution < -0.4 is 16.2 Å². The summed E-state index contributed by atoms with van der Waals surface area (Å²) < 4.78 is 5.92. The van der Waals surface area contributed by atoms with Crippen LogP contribution in [0.25, 0.3) is 11.4 Å². The molecule has 1 saturated carbocycles. The highest BCUT2D eigenvalue weighted by Gasteiger charge is 2.21. The van der Waals surface area contributed by atoms with Crippen LogP contribution in [0.2, 0.25) is 0 Å². The van der Waals surface area contributed by atoms with Crippen molar-refractivity contribution in [2.24, 2.45) is 5.92 Å². The van der Waals surface area contributed by atoms with Gasteiger partial charge in [0.25, 0.3) is 5.56 Å². The summed E-state index contributed by atoms with van der Waals surface area (Å²) in [6.07, 6.45) is 5.82. The minimum atomic E-state index is -0.286. The van der Waals surface area contributed by atoms with Gasteiger partial charge in [0.2, 0.25) is 0 Å². The number of aryl methyl sites for hydroxylation is 1. The van der Waals surface area contributed by atoms with E-state index in [9.17, 15) is 9.59 Å². The summed E-state index contributed by atoms with van der Waals surface area (Å²) in [6, 6.07) is 8.46. The Morgan fingerprint density at radius 3 is 2.90 bits per heavy atom. The summed E-state index contributed by atoms with van der Waals surface area (Å²) in [5.74, 6) is 1.08. The predicted octanol–water partition coefficient (Wildman–Crippen LogP) is 3.72. The standard InChI is InChI=1S/C22H30N4O3/c1-3-17-14-20(27)26-21(24-17)16-8-6-9-18(13-16)25-22(28)23-11-12-29-19-10-5-4-7-15(19)2/h6,8-9,13-15,19H,3-5,7,10-12H2,1-2H3,(H2,23,25,28)(H,24,26,27)/t15-,19+/m0/s1. The lowest BCUT2D eigenvalue weighted by molar-refractivity contribution is -0.00232. The third-order valence-electron chi connectivity index (χ3n) is 5.30. The summed E-state index contributed by atoms with van der Waals surface area (Å²) >= 11 is 0. The molecule has 0 bridgehead atoms. The molecular formula is C22H30N4O3. The first-order valence-corrected chi connectivity index (χ1v) is 10.4. The first kappa shape index (κ1) is 21.0. The molecule has 1 aliphatic carbocycles. The highest BCUT2D eigenvalue weighted by Crippen LogP contribution is 2.26. The van der Waals surface area contributed by atoms with Crippen molar-refractivity contribution >= 4 is 11.7 Å². The van der Waals surface area contributed by atoms with Gasteiger partial charge in [0.1, 0.15) is 5.82 Å². The summed E-state index contributed by atoms with van der Waals surface area (Å²) in [5.41, 5.74) is 1.92. The molecule has 2 aromatic rings. The number of rotatable bonds is 7. The Bertz CT molecular complexity index is 880. The number of aromatic nitrogens is 2. The number of nitrogens with zero attached hydrogens (tertiary/aromatic N) is 1. The van der Waals surface area contributed by atoms with Crippen molar-refractivity contribution in [2.75, 3.05) is 18.5 Å². The van der Waals surface area contributed by atoms with E-state index in [1.54, 1.807) is 12.1 Å². The smallest absolute Gasteiger partial charge is 0.319 e. The number of H-pyrrole nitrogens is 1. The Morgan fingerprint density at radius 2 is 2.10 bits per heavy atom. The molecule has 0 radical (unpaired) electrons. The van der Waals surface area contributed by atoms with Gasteiger partial charge in [0, 0.05) is 29.6 Å². The first-order chi connectivity index (χ1) is 14.0. The van der Waals surface area contributed by atoms with Gasteiger partial charge in [-0.1, -0.05) is 38.8 Å². The lowest BCUT2D eigenvalue weighted by atomic mass is 9.88. The molecule has 156 valence electrons. The van der Waals surface area contributed by atoms with Crippen LogP contribution in [-0.4, -0.2) is 35.3 Å². The Hall–Kier alpha value is -2.67. The van der Waals surface area contributed by atoms with E-state index in [0.717, 1.165) is 17.7 Å². The van der Waals surface area contributed by atoms with Crippen molar-refractivity contribution in [2.45, 2.75) is 52.1 Å². The number of anilines is 1. The highest BCUT2D eigenvalue weighted by molar-refractivity contribution is 5.89. The highest BCUT2D eigenvalue weighted by atomic mass is 16.5. The number of hydrogen-bond donors (Lipinski definition) is 3. The van der Waals surface area contributed by atoms with Gasteiger partial charge in [0.05, 0.1) is 12.7 Å². The Labute approximate surface area is 171 Å². The lowest BCUT2D eigenvalue weighted by Crippen LogP contribution is -2.34. The molecule has 0 saturated heterocycles. The molecule has 3 rings (SSSR count). The van der Waals surface area contributed by atoms with E-state index < -0.39 is 0 Å². The fourth-order valence-electron chi connectivity index (χ4n) is 3.65. The van der Waals surface area contributed by atoms with Gasteiger partial charge >= 0.3 is 6.03 Å². The number of nitrogens with one attached hydrogen (secondary N) is 3. The molecular weight excluding hydrogens is 368 g/mol. The van der Waals surface area contributed by atoms with Crippen LogP contribution >= 0.6 is 0 Å². The summed E-state index contributed by atoms with van der Waals surface area (Å²) in [6.45, 7) is 5.15. The van der Waals surface area contributed by atoms with E-state index in [-0.39, 0.29) is 11.6 Å². The first-order valence-electron chi connectivity index (χ1n) is 10.4. The molecule has 1 aliphatic rings. The number of carbonyl (C=O) groups is 1. The van der Waals surface area contributed by atoms with Crippen LogP contribution in [0.5, 0.6) is 0 Å². The van der Waals surface area contributed by atoms with E-state index in [1.165, 1.54) is 25.3 Å². The van der Waals surface area contributed by atoms with E-state index in [4.69, 9.17) is 4.74 Å². The molecule has 0 spiro atoms. The second kappa shape index (κ2) is 10.2. The largest absolute Gasteiger partial charge is 0.376 e. The third-order valence-corrected chi connectivity index (χ3v) is 5.30. The molecule has 7 nitrogen and oxygen atoms in total. The second-order valence-electron chi connectivity index (χ2n) is 7.57. The van der Waals surface area contributed by atoms with Gasteiger partial charge in [-0.15, -0.1) is 0 Å². The van der Waals surface area contributed by atoms with Gasteiger partial charge in [-0.2, -0.15) is 0 Å². The number of hydrogen-bond acceptors (Lipinski definition) is 4. The van der Waals surface area contributed by atoms with E-state index in [1.807, 2.05) is 19.1 Å². The summed E-state index contributed by atoms with van der Waals surface area (Å²) in [7, 11) is 0. The number of ether oxygens (including phenoxy) is 1. The number of carbonyl (C=O) groups excluding carboxylic acids is 1. The van der Waals surface area contributed by atoms with Crippen molar-refractivity contribution in [3.8, 4) is 11.4 Å². The quantitative estimate of drug-likeness (QED) is 0.620. The lowest BCUT2D eigenvalue weighted by Gasteiger charge is -2.28. The van der Waals surface area contributed by atoms with Gasteiger partial charge in [-0.25, -0.2) is 9.78 Å².